The normalized spacial score (nSPS) is 12.6. The molecule has 96 valence electrons. The van der Waals surface area contributed by atoms with E-state index >= 15 is 0 Å². The predicted octanol–water partition coefficient (Wildman–Crippen LogP) is 3.45. The quantitative estimate of drug-likeness (QED) is 0.880. The van der Waals surface area contributed by atoms with Gasteiger partial charge in [0.05, 0.1) is 12.5 Å². The molecule has 1 unspecified atom stereocenters. The average Bonchev–Trinajstić information content (AvgIpc) is 2.81. The van der Waals surface area contributed by atoms with Crippen LogP contribution >= 0.6 is 0 Å². The van der Waals surface area contributed by atoms with Crippen LogP contribution in [0.4, 0.5) is 8.78 Å². The summed E-state index contributed by atoms with van der Waals surface area (Å²) in [5.41, 5.74) is 1.45. The highest BCUT2D eigenvalue weighted by Crippen LogP contribution is 2.22. The second-order valence-corrected chi connectivity index (χ2v) is 4.11. The Balaban J connectivity index is 2.23. The Hall–Kier alpha value is -1.68. The van der Waals surface area contributed by atoms with E-state index in [0.29, 0.717) is 18.5 Å². The number of nitrogens with one attached hydrogen (secondary N) is 1. The summed E-state index contributed by atoms with van der Waals surface area (Å²) in [5, 5.41) is 3.19. The Morgan fingerprint density at radius 1 is 1.28 bits per heavy atom. The van der Waals surface area contributed by atoms with E-state index in [0.717, 1.165) is 11.6 Å². The van der Waals surface area contributed by atoms with Crippen molar-refractivity contribution in [3.63, 3.8) is 0 Å². The molecule has 18 heavy (non-hydrogen) atoms. The lowest BCUT2D eigenvalue weighted by Gasteiger charge is -2.18. The molecule has 0 aliphatic rings. The van der Waals surface area contributed by atoms with Gasteiger partial charge in [-0.15, -0.1) is 0 Å². The maximum absolute atomic E-state index is 13.7. The summed E-state index contributed by atoms with van der Waals surface area (Å²) >= 11 is 0. The van der Waals surface area contributed by atoms with Crippen LogP contribution in [0.1, 0.15) is 24.1 Å². The maximum atomic E-state index is 13.7. The molecule has 1 aromatic heterocycles. The van der Waals surface area contributed by atoms with Gasteiger partial charge in [-0.25, -0.2) is 8.78 Å². The highest BCUT2D eigenvalue weighted by molar-refractivity contribution is 5.24. The molecule has 0 aliphatic heterocycles. The molecule has 0 aliphatic carbocycles. The van der Waals surface area contributed by atoms with Crippen LogP contribution in [0, 0.1) is 11.6 Å². The highest BCUT2D eigenvalue weighted by Gasteiger charge is 2.16. The first-order valence-electron chi connectivity index (χ1n) is 5.90. The summed E-state index contributed by atoms with van der Waals surface area (Å²) in [6.45, 7) is 2.66. The number of hydrogen-bond acceptors (Lipinski definition) is 2. The Bertz CT molecular complexity index is 497. The summed E-state index contributed by atoms with van der Waals surface area (Å²) in [4.78, 5) is 0. The molecule has 2 nitrogen and oxygen atoms in total. The predicted molar refractivity (Wildman–Crippen MR) is 65.2 cm³/mol. The maximum Gasteiger partial charge on any atom is 0.130 e. The largest absolute Gasteiger partial charge is 0.472 e. The van der Waals surface area contributed by atoms with Crippen LogP contribution in [0.3, 0.4) is 0 Å². The zero-order valence-corrected chi connectivity index (χ0v) is 10.1. The van der Waals surface area contributed by atoms with Gasteiger partial charge in [-0.3, -0.25) is 0 Å². The zero-order chi connectivity index (χ0) is 13.0. The molecule has 1 atom stereocenters. The standard InChI is InChI=1S/C14H15F2NO/c1-2-17-14(7-10-5-6-18-9-10)12-4-3-11(15)8-13(12)16/h3-6,8-9,14,17H,2,7H2,1H3. The van der Waals surface area contributed by atoms with Crippen molar-refractivity contribution in [2.45, 2.75) is 19.4 Å². The summed E-state index contributed by atoms with van der Waals surface area (Å²) in [6.07, 6.45) is 3.82. The van der Waals surface area contributed by atoms with Crippen molar-refractivity contribution in [1.82, 2.24) is 5.32 Å². The molecule has 0 bridgehead atoms. The second-order valence-electron chi connectivity index (χ2n) is 4.11. The molecule has 1 N–H and O–H groups in total. The van der Waals surface area contributed by atoms with Crippen molar-refractivity contribution in [1.29, 1.82) is 0 Å². The van der Waals surface area contributed by atoms with Gasteiger partial charge in [0.1, 0.15) is 11.6 Å². The van der Waals surface area contributed by atoms with Crippen molar-refractivity contribution >= 4 is 0 Å². The number of furan rings is 1. The van der Waals surface area contributed by atoms with Gasteiger partial charge in [0.2, 0.25) is 0 Å². The summed E-state index contributed by atoms with van der Waals surface area (Å²) in [7, 11) is 0. The molecule has 0 amide bonds. The van der Waals surface area contributed by atoms with Gasteiger partial charge in [-0.1, -0.05) is 13.0 Å². The minimum atomic E-state index is -0.560. The van der Waals surface area contributed by atoms with Crippen molar-refractivity contribution in [3.8, 4) is 0 Å². The molecule has 2 aromatic rings. The highest BCUT2D eigenvalue weighted by atomic mass is 19.1. The SMILES string of the molecule is CCNC(Cc1ccoc1)c1ccc(F)cc1F. The van der Waals surface area contributed by atoms with E-state index in [1.165, 1.54) is 12.1 Å². The van der Waals surface area contributed by atoms with Crippen LogP contribution in [-0.4, -0.2) is 6.54 Å². The van der Waals surface area contributed by atoms with E-state index in [-0.39, 0.29) is 6.04 Å². The topological polar surface area (TPSA) is 25.2 Å². The first-order chi connectivity index (χ1) is 8.70. The van der Waals surface area contributed by atoms with Crippen LogP contribution in [-0.2, 0) is 6.42 Å². The molecule has 0 spiro atoms. The van der Waals surface area contributed by atoms with Gasteiger partial charge in [0, 0.05) is 17.7 Å². The number of rotatable bonds is 5. The van der Waals surface area contributed by atoms with E-state index in [1.54, 1.807) is 12.5 Å². The number of likely N-dealkylation sites (N-methyl/N-ethyl adjacent to an activating group) is 1. The Morgan fingerprint density at radius 3 is 2.72 bits per heavy atom. The molecule has 0 fully saturated rings. The molecule has 0 saturated heterocycles. The Labute approximate surface area is 105 Å². The second kappa shape index (κ2) is 5.78. The van der Waals surface area contributed by atoms with Gasteiger partial charge in [-0.05, 0) is 30.7 Å². The summed E-state index contributed by atoms with van der Waals surface area (Å²) < 4.78 is 31.6. The minimum Gasteiger partial charge on any atom is -0.472 e. The van der Waals surface area contributed by atoms with E-state index < -0.39 is 11.6 Å². The molecular formula is C14H15F2NO. The zero-order valence-electron chi connectivity index (χ0n) is 10.1. The molecule has 1 aromatic carbocycles. The fourth-order valence-electron chi connectivity index (χ4n) is 1.97. The lowest BCUT2D eigenvalue weighted by atomic mass is 10.00. The number of benzene rings is 1. The van der Waals surface area contributed by atoms with Crippen molar-refractivity contribution in [3.05, 3.63) is 59.6 Å². The molecule has 4 heteroatoms. The third kappa shape index (κ3) is 2.96. The Kier molecular flexibility index (Phi) is 4.10. The number of halogens is 2. The van der Waals surface area contributed by atoms with Crippen LogP contribution in [0.2, 0.25) is 0 Å². The van der Waals surface area contributed by atoms with E-state index in [2.05, 4.69) is 5.32 Å². The van der Waals surface area contributed by atoms with Gasteiger partial charge in [-0.2, -0.15) is 0 Å². The van der Waals surface area contributed by atoms with Crippen LogP contribution < -0.4 is 5.32 Å². The van der Waals surface area contributed by atoms with Gasteiger partial charge >= 0.3 is 0 Å². The van der Waals surface area contributed by atoms with Crippen molar-refractivity contribution in [2.75, 3.05) is 6.54 Å². The minimum absolute atomic E-state index is 0.187. The molecule has 2 rings (SSSR count). The van der Waals surface area contributed by atoms with E-state index in [4.69, 9.17) is 4.42 Å². The lowest BCUT2D eigenvalue weighted by Crippen LogP contribution is -2.23. The average molecular weight is 251 g/mol. The number of hydrogen-bond donors (Lipinski definition) is 1. The van der Waals surface area contributed by atoms with Gasteiger partial charge in [0.15, 0.2) is 0 Å². The van der Waals surface area contributed by atoms with Gasteiger partial charge < -0.3 is 9.73 Å². The van der Waals surface area contributed by atoms with Crippen LogP contribution in [0.25, 0.3) is 0 Å². The smallest absolute Gasteiger partial charge is 0.130 e. The molecule has 0 radical (unpaired) electrons. The van der Waals surface area contributed by atoms with E-state index in [9.17, 15) is 8.78 Å². The first kappa shape index (κ1) is 12.8. The van der Waals surface area contributed by atoms with Crippen molar-refractivity contribution in [2.24, 2.45) is 0 Å². The summed E-state index contributed by atoms with van der Waals surface area (Å²) in [6, 6.07) is 5.32. The third-order valence-electron chi connectivity index (χ3n) is 2.81. The molecule has 1 heterocycles. The lowest BCUT2D eigenvalue weighted by molar-refractivity contribution is 0.498. The van der Waals surface area contributed by atoms with Crippen LogP contribution in [0.15, 0.2) is 41.2 Å². The molecule has 0 saturated carbocycles. The van der Waals surface area contributed by atoms with Crippen LogP contribution in [0.5, 0.6) is 0 Å². The van der Waals surface area contributed by atoms with Gasteiger partial charge in [0.25, 0.3) is 0 Å². The van der Waals surface area contributed by atoms with E-state index in [1.807, 2.05) is 13.0 Å². The Morgan fingerprint density at radius 2 is 2.11 bits per heavy atom. The monoisotopic (exact) mass is 251 g/mol. The fraction of sp³-hybridized carbons (Fsp3) is 0.286. The molecular weight excluding hydrogens is 236 g/mol. The van der Waals surface area contributed by atoms with Crippen molar-refractivity contribution < 1.29 is 13.2 Å². The summed E-state index contributed by atoms with van der Waals surface area (Å²) in [5.74, 6) is -1.08. The first-order valence-corrected chi connectivity index (χ1v) is 5.90. The fourth-order valence-corrected chi connectivity index (χ4v) is 1.97. The third-order valence-corrected chi connectivity index (χ3v) is 2.81.